The van der Waals surface area contributed by atoms with E-state index in [9.17, 15) is 4.39 Å². The topological polar surface area (TPSA) is 41.0 Å². The van der Waals surface area contributed by atoms with Crippen LogP contribution in [0.5, 0.6) is 11.5 Å². The number of benzene rings is 1. The molecular weight excluding hydrogens is 295 g/mol. The van der Waals surface area contributed by atoms with E-state index in [0.29, 0.717) is 12.3 Å². The molecule has 0 N–H and O–H groups in total. The fraction of sp³-hybridized carbons (Fsp3) is 0.294. The molecule has 2 aromatic rings. The third-order valence-electron chi connectivity index (χ3n) is 3.06. The zero-order valence-electron chi connectivity index (χ0n) is 13.8. The van der Waals surface area contributed by atoms with Gasteiger partial charge < -0.3 is 14.5 Å². The van der Waals surface area contributed by atoms with Crippen LogP contribution in [-0.4, -0.2) is 48.9 Å². The van der Waals surface area contributed by atoms with E-state index in [4.69, 9.17) is 4.74 Å². The predicted octanol–water partition coefficient (Wildman–Crippen LogP) is 2.99. The second kappa shape index (κ2) is 7.58. The summed E-state index contributed by atoms with van der Waals surface area (Å²) in [7, 11) is 7.68. The maximum atomic E-state index is 14.2. The second-order valence-corrected chi connectivity index (χ2v) is 5.46. The number of hydrogen-bond donors (Lipinski definition) is 0. The van der Waals surface area contributed by atoms with Crippen molar-refractivity contribution in [3.05, 3.63) is 54.1 Å². The van der Waals surface area contributed by atoms with Gasteiger partial charge in [-0.1, -0.05) is 6.07 Å². The molecule has 1 aromatic heterocycles. The van der Waals surface area contributed by atoms with Gasteiger partial charge in [0, 0.05) is 34.4 Å². The van der Waals surface area contributed by atoms with Crippen LogP contribution in [0.25, 0.3) is 0 Å². The molecule has 0 saturated heterocycles. The summed E-state index contributed by atoms with van der Waals surface area (Å²) < 4.78 is 19.6. The van der Waals surface area contributed by atoms with Gasteiger partial charge in [-0.05, 0) is 29.8 Å². The number of nitrogens with zero attached hydrogens (tertiary/aromatic N) is 4. The van der Waals surface area contributed by atoms with Gasteiger partial charge in [-0.3, -0.25) is 4.98 Å². The molecule has 1 heterocycles. The molecule has 0 atom stereocenters. The first-order chi connectivity index (χ1) is 11.0. The van der Waals surface area contributed by atoms with Gasteiger partial charge in [0.2, 0.25) is 0 Å². The van der Waals surface area contributed by atoms with Crippen molar-refractivity contribution in [3.8, 4) is 11.5 Å². The molecule has 0 radical (unpaired) electrons. The minimum Gasteiger partial charge on any atom is -0.453 e. The molecule has 0 fully saturated rings. The molecule has 0 amide bonds. The first-order valence-electron chi connectivity index (χ1n) is 7.23. The van der Waals surface area contributed by atoms with Gasteiger partial charge in [0.1, 0.15) is 5.75 Å². The lowest BCUT2D eigenvalue weighted by Gasteiger charge is -2.22. The molecule has 0 unspecified atom stereocenters. The number of aromatic nitrogens is 1. The van der Waals surface area contributed by atoms with E-state index < -0.39 is 5.82 Å². The lowest BCUT2D eigenvalue weighted by molar-refractivity contribution is 0.440. The smallest absolute Gasteiger partial charge is 0.195 e. The van der Waals surface area contributed by atoms with Crippen LogP contribution in [0, 0.1) is 5.82 Å². The highest BCUT2D eigenvalue weighted by molar-refractivity contribution is 5.79. The van der Waals surface area contributed by atoms with Crippen LogP contribution in [0.1, 0.15) is 5.56 Å². The van der Waals surface area contributed by atoms with Crippen molar-refractivity contribution in [2.24, 2.45) is 4.99 Å². The summed E-state index contributed by atoms with van der Waals surface area (Å²) in [5, 5.41) is 0. The zero-order chi connectivity index (χ0) is 16.8. The Balaban J connectivity index is 2.11. The minimum absolute atomic E-state index is 0.172. The maximum absolute atomic E-state index is 14.2. The SMILES string of the molecule is CN(C)C(=NCc1ccc(Oc2cccnc2)c(F)c1)N(C)C. The first kappa shape index (κ1) is 16.7. The first-order valence-corrected chi connectivity index (χ1v) is 7.23. The Morgan fingerprint density at radius 2 is 1.91 bits per heavy atom. The van der Waals surface area contributed by atoms with Crippen LogP contribution in [0.2, 0.25) is 0 Å². The number of hydrogen-bond acceptors (Lipinski definition) is 3. The molecule has 23 heavy (non-hydrogen) atoms. The van der Waals surface area contributed by atoms with Crippen LogP contribution < -0.4 is 4.74 Å². The summed E-state index contributed by atoms with van der Waals surface area (Å²) in [6, 6.07) is 8.32. The Morgan fingerprint density at radius 3 is 2.48 bits per heavy atom. The Bertz CT molecular complexity index is 662. The van der Waals surface area contributed by atoms with E-state index in [0.717, 1.165) is 11.5 Å². The van der Waals surface area contributed by atoms with Crippen molar-refractivity contribution < 1.29 is 9.13 Å². The molecular formula is C17H21FN4O. The van der Waals surface area contributed by atoms with Crippen molar-refractivity contribution in [2.75, 3.05) is 28.2 Å². The van der Waals surface area contributed by atoms with E-state index in [-0.39, 0.29) is 5.75 Å². The number of rotatable bonds is 4. The van der Waals surface area contributed by atoms with Gasteiger partial charge in [-0.2, -0.15) is 0 Å². The Labute approximate surface area is 136 Å². The largest absolute Gasteiger partial charge is 0.453 e. The number of aliphatic imine (C=N–C) groups is 1. The van der Waals surface area contributed by atoms with Crippen molar-refractivity contribution in [1.29, 1.82) is 0 Å². The van der Waals surface area contributed by atoms with Crippen molar-refractivity contribution in [3.63, 3.8) is 0 Å². The van der Waals surface area contributed by atoms with Gasteiger partial charge in [0.15, 0.2) is 17.5 Å². The molecule has 122 valence electrons. The van der Waals surface area contributed by atoms with Crippen LogP contribution in [0.15, 0.2) is 47.7 Å². The van der Waals surface area contributed by atoms with E-state index in [1.54, 1.807) is 30.5 Å². The van der Waals surface area contributed by atoms with E-state index in [1.165, 1.54) is 12.3 Å². The number of halogens is 1. The second-order valence-electron chi connectivity index (χ2n) is 5.46. The van der Waals surface area contributed by atoms with Crippen LogP contribution in [0.4, 0.5) is 4.39 Å². The summed E-state index contributed by atoms with van der Waals surface area (Å²) in [5.41, 5.74) is 0.780. The molecule has 0 bridgehead atoms. The van der Waals surface area contributed by atoms with Crippen molar-refractivity contribution >= 4 is 5.96 Å². The lowest BCUT2D eigenvalue weighted by atomic mass is 10.2. The predicted molar refractivity (Wildman–Crippen MR) is 89.2 cm³/mol. The van der Waals surface area contributed by atoms with Crippen molar-refractivity contribution in [2.45, 2.75) is 6.54 Å². The Kier molecular flexibility index (Phi) is 5.51. The van der Waals surface area contributed by atoms with Gasteiger partial charge in [0.25, 0.3) is 0 Å². The molecule has 0 saturated carbocycles. The molecule has 0 aliphatic heterocycles. The molecule has 6 heteroatoms. The molecule has 0 aliphatic rings. The molecule has 2 rings (SSSR count). The number of guanidine groups is 1. The zero-order valence-corrected chi connectivity index (χ0v) is 13.8. The summed E-state index contributed by atoms with van der Waals surface area (Å²) in [4.78, 5) is 12.3. The monoisotopic (exact) mass is 316 g/mol. The average Bonchev–Trinajstić information content (AvgIpc) is 2.50. The van der Waals surface area contributed by atoms with Gasteiger partial charge in [0.05, 0.1) is 12.7 Å². The van der Waals surface area contributed by atoms with Crippen LogP contribution >= 0.6 is 0 Å². The van der Waals surface area contributed by atoms with E-state index in [1.807, 2.05) is 38.0 Å². The molecule has 1 aromatic carbocycles. The highest BCUT2D eigenvalue weighted by Gasteiger charge is 2.08. The van der Waals surface area contributed by atoms with Gasteiger partial charge in [-0.15, -0.1) is 0 Å². The summed E-state index contributed by atoms with van der Waals surface area (Å²) in [6.45, 7) is 0.399. The Hall–Kier alpha value is -2.63. The third-order valence-corrected chi connectivity index (χ3v) is 3.06. The molecule has 0 spiro atoms. The molecule has 5 nitrogen and oxygen atoms in total. The highest BCUT2D eigenvalue weighted by Crippen LogP contribution is 2.24. The quantitative estimate of drug-likeness (QED) is 0.642. The fourth-order valence-corrected chi connectivity index (χ4v) is 2.10. The fourth-order valence-electron chi connectivity index (χ4n) is 2.10. The summed E-state index contributed by atoms with van der Waals surface area (Å²) in [6.07, 6.45) is 3.18. The number of pyridine rings is 1. The maximum Gasteiger partial charge on any atom is 0.195 e. The Morgan fingerprint density at radius 1 is 1.17 bits per heavy atom. The number of ether oxygens (including phenoxy) is 1. The van der Waals surface area contributed by atoms with Gasteiger partial charge in [-0.25, -0.2) is 9.38 Å². The standard InChI is InChI=1S/C17H21FN4O/c1-21(2)17(22(3)4)20-11-13-7-8-16(15(18)10-13)23-14-6-5-9-19-12-14/h5-10,12H,11H2,1-4H3. The van der Waals surface area contributed by atoms with Crippen LogP contribution in [0.3, 0.4) is 0 Å². The third kappa shape index (κ3) is 4.67. The minimum atomic E-state index is -0.419. The highest BCUT2D eigenvalue weighted by atomic mass is 19.1. The lowest BCUT2D eigenvalue weighted by Crippen LogP contribution is -2.35. The molecule has 0 aliphatic carbocycles. The van der Waals surface area contributed by atoms with Crippen molar-refractivity contribution in [1.82, 2.24) is 14.8 Å². The average molecular weight is 316 g/mol. The van der Waals surface area contributed by atoms with Gasteiger partial charge >= 0.3 is 0 Å². The van der Waals surface area contributed by atoms with E-state index >= 15 is 0 Å². The normalized spacial score (nSPS) is 10.1. The summed E-state index contributed by atoms with van der Waals surface area (Å²) in [5.74, 6) is 1.07. The summed E-state index contributed by atoms with van der Waals surface area (Å²) >= 11 is 0. The van der Waals surface area contributed by atoms with Crippen LogP contribution in [-0.2, 0) is 6.54 Å². The van der Waals surface area contributed by atoms with E-state index in [2.05, 4.69) is 9.98 Å².